The molecule has 0 amide bonds. The Balaban J connectivity index is 1.77. The van der Waals surface area contributed by atoms with Gasteiger partial charge in [0.15, 0.2) is 0 Å². The lowest BCUT2D eigenvalue weighted by molar-refractivity contribution is 0.340. The molecule has 4 rings (SSSR count). The third kappa shape index (κ3) is 4.71. The molecule has 0 radical (unpaired) electrons. The quantitative estimate of drug-likeness (QED) is 0.347. The number of rotatable bonds is 6. The number of benzene rings is 3. The fraction of sp³-hybridized carbons (Fsp3) is 0.222. The van der Waals surface area contributed by atoms with Crippen LogP contribution in [0.2, 0.25) is 0 Å². The Kier molecular flexibility index (Phi) is 6.13. The van der Waals surface area contributed by atoms with Crippen LogP contribution in [0.5, 0.6) is 5.75 Å². The van der Waals surface area contributed by atoms with E-state index in [1.807, 2.05) is 67.6 Å². The van der Waals surface area contributed by atoms with Crippen molar-refractivity contribution >= 4 is 33.2 Å². The Morgan fingerprint density at radius 2 is 1.58 bits per heavy atom. The summed E-state index contributed by atoms with van der Waals surface area (Å²) in [6.45, 7) is 8.85. The van der Waals surface area contributed by atoms with Crippen LogP contribution in [0.4, 0.5) is 0 Å². The first kappa shape index (κ1) is 22.8. The van der Waals surface area contributed by atoms with E-state index in [-0.39, 0.29) is 10.3 Å². The zero-order chi connectivity index (χ0) is 23.6. The van der Waals surface area contributed by atoms with E-state index in [1.165, 1.54) is 3.97 Å². The molecule has 3 aromatic carbocycles. The molecule has 6 heteroatoms. The van der Waals surface area contributed by atoms with E-state index in [1.54, 1.807) is 24.3 Å². The van der Waals surface area contributed by atoms with Crippen LogP contribution in [0.1, 0.15) is 44.6 Å². The number of nitrogens with zero attached hydrogens (tertiary/aromatic N) is 2. The molecule has 0 saturated heterocycles. The molecule has 0 atom stereocenters. The van der Waals surface area contributed by atoms with Gasteiger partial charge in [-0.05, 0) is 65.9 Å². The third-order valence-corrected chi connectivity index (χ3v) is 7.15. The van der Waals surface area contributed by atoms with Gasteiger partial charge < -0.3 is 4.74 Å². The summed E-state index contributed by atoms with van der Waals surface area (Å²) in [4.78, 5) is 4.83. The van der Waals surface area contributed by atoms with E-state index in [0.29, 0.717) is 23.5 Å². The lowest BCUT2D eigenvalue weighted by Gasteiger charge is -2.19. The van der Waals surface area contributed by atoms with Crippen molar-refractivity contribution in [3.8, 4) is 5.75 Å². The molecular formula is C27H28N2O3S. The van der Waals surface area contributed by atoms with E-state index >= 15 is 0 Å². The van der Waals surface area contributed by atoms with Gasteiger partial charge >= 0.3 is 0 Å². The molecule has 1 aromatic heterocycles. The summed E-state index contributed by atoms with van der Waals surface area (Å²) in [7, 11) is -3.85. The van der Waals surface area contributed by atoms with Gasteiger partial charge in [-0.2, -0.15) is 0 Å². The Labute approximate surface area is 195 Å². The van der Waals surface area contributed by atoms with Gasteiger partial charge in [-0.3, -0.25) is 0 Å². The van der Waals surface area contributed by atoms with E-state index in [9.17, 15) is 8.42 Å². The Morgan fingerprint density at radius 1 is 0.909 bits per heavy atom. The molecule has 0 spiro atoms. The SMILES string of the molecule is CCOc1ccc(C=Cc2nc3ccccc3n2S(=O)(=O)c2ccc(C(C)(C)C)cc2)cc1. The monoisotopic (exact) mass is 460 g/mol. The minimum absolute atomic E-state index is 0.0599. The second kappa shape index (κ2) is 8.87. The van der Waals surface area contributed by atoms with Crippen molar-refractivity contribution in [1.29, 1.82) is 0 Å². The number of imidazole rings is 1. The fourth-order valence-electron chi connectivity index (χ4n) is 3.63. The second-order valence-electron chi connectivity index (χ2n) is 8.84. The lowest BCUT2D eigenvalue weighted by Crippen LogP contribution is -2.16. The lowest BCUT2D eigenvalue weighted by atomic mass is 9.87. The fourth-order valence-corrected chi connectivity index (χ4v) is 5.08. The van der Waals surface area contributed by atoms with Crippen molar-refractivity contribution in [3.05, 3.63) is 89.7 Å². The van der Waals surface area contributed by atoms with E-state index in [2.05, 4.69) is 25.8 Å². The van der Waals surface area contributed by atoms with Crippen LogP contribution in [0, 0.1) is 0 Å². The maximum Gasteiger partial charge on any atom is 0.269 e. The minimum atomic E-state index is -3.85. The van der Waals surface area contributed by atoms with E-state index < -0.39 is 10.0 Å². The largest absolute Gasteiger partial charge is 0.494 e. The third-order valence-electron chi connectivity index (χ3n) is 5.42. The number of hydrogen-bond donors (Lipinski definition) is 0. The molecule has 0 bridgehead atoms. The van der Waals surface area contributed by atoms with Crippen molar-refractivity contribution < 1.29 is 13.2 Å². The Morgan fingerprint density at radius 3 is 2.21 bits per heavy atom. The van der Waals surface area contributed by atoms with Crippen LogP contribution in [0.25, 0.3) is 23.2 Å². The van der Waals surface area contributed by atoms with Crippen LogP contribution in [-0.4, -0.2) is 24.0 Å². The van der Waals surface area contributed by atoms with Crippen LogP contribution in [-0.2, 0) is 15.4 Å². The van der Waals surface area contributed by atoms with Crippen molar-refractivity contribution in [2.24, 2.45) is 0 Å². The first-order chi connectivity index (χ1) is 15.7. The second-order valence-corrected chi connectivity index (χ2v) is 10.6. The van der Waals surface area contributed by atoms with Crippen molar-refractivity contribution in [1.82, 2.24) is 8.96 Å². The highest BCUT2D eigenvalue weighted by molar-refractivity contribution is 7.90. The molecule has 0 unspecified atom stereocenters. The summed E-state index contributed by atoms with van der Waals surface area (Å²) in [5.41, 5.74) is 3.11. The molecular weight excluding hydrogens is 432 g/mol. The van der Waals surface area contributed by atoms with Gasteiger partial charge in [-0.1, -0.05) is 63.2 Å². The average Bonchev–Trinajstić information content (AvgIpc) is 3.17. The molecule has 5 nitrogen and oxygen atoms in total. The predicted octanol–water partition coefficient (Wildman–Crippen LogP) is 6.14. The van der Waals surface area contributed by atoms with E-state index in [4.69, 9.17) is 4.74 Å². The summed E-state index contributed by atoms with van der Waals surface area (Å²) >= 11 is 0. The van der Waals surface area contributed by atoms with Crippen LogP contribution in [0.3, 0.4) is 0 Å². The molecule has 0 aliphatic carbocycles. The number of fused-ring (bicyclic) bond motifs is 1. The van der Waals surface area contributed by atoms with Gasteiger partial charge in [-0.15, -0.1) is 0 Å². The zero-order valence-electron chi connectivity index (χ0n) is 19.3. The van der Waals surface area contributed by atoms with E-state index in [0.717, 1.165) is 16.9 Å². The maximum absolute atomic E-state index is 13.7. The Bertz CT molecular complexity index is 1390. The van der Waals surface area contributed by atoms with Gasteiger partial charge in [0.25, 0.3) is 10.0 Å². The summed E-state index contributed by atoms with van der Waals surface area (Å²) in [6, 6.07) is 22.0. The van der Waals surface area contributed by atoms with Crippen LogP contribution in [0.15, 0.2) is 77.7 Å². The molecule has 0 saturated carbocycles. The van der Waals surface area contributed by atoms with Gasteiger partial charge in [0.05, 0.1) is 22.5 Å². The predicted molar refractivity (Wildman–Crippen MR) is 134 cm³/mol. The number of ether oxygens (including phenoxy) is 1. The first-order valence-corrected chi connectivity index (χ1v) is 12.4. The van der Waals surface area contributed by atoms with Crippen LogP contribution >= 0.6 is 0 Å². The van der Waals surface area contributed by atoms with Crippen molar-refractivity contribution in [2.75, 3.05) is 6.61 Å². The zero-order valence-corrected chi connectivity index (χ0v) is 20.1. The molecule has 170 valence electrons. The van der Waals surface area contributed by atoms with Crippen LogP contribution < -0.4 is 4.74 Å². The molecule has 1 heterocycles. The van der Waals surface area contributed by atoms with Gasteiger partial charge in [-0.25, -0.2) is 17.4 Å². The molecule has 33 heavy (non-hydrogen) atoms. The highest BCUT2D eigenvalue weighted by Crippen LogP contribution is 2.27. The molecule has 4 aromatic rings. The van der Waals surface area contributed by atoms with Gasteiger partial charge in [0.1, 0.15) is 11.6 Å². The molecule has 0 N–H and O–H groups in total. The standard InChI is InChI=1S/C27H28N2O3S/c1-5-32-22-15-10-20(11-16-22)12-19-26-28-24-8-6-7-9-25(24)29(26)33(30,31)23-17-13-21(14-18-23)27(2,3)4/h6-19H,5H2,1-4H3. The Hall–Kier alpha value is -3.38. The first-order valence-electron chi connectivity index (χ1n) is 10.9. The minimum Gasteiger partial charge on any atom is -0.494 e. The topological polar surface area (TPSA) is 61.2 Å². The van der Waals surface area contributed by atoms with Crippen molar-refractivity contribution in [2.45, 2.75) is 38.0 Å². The summed E-state index contributed by atoms with van der Waals surface area (Å²) in [5, 5.41) is 0. The highest BCUT2D eigenvalue weighted by atomic mass is 32.2. The van der Waals surface area contributed by atoms with Crippen molar-refractivity contribution in [3.63, 3.8) is 0 Å². The molecule has 0 aliphatic heterocycles. The summed E-state index contributed by atoms with van der Waals surface area (Å²) in [5.74, 6) is 1.15. The number of hydrogen-bond acceptors (Lipinski definition) is 4. The number of para-hydroxylation sites is 2. The molecule has 0 aliphatic rings. The number of aromatic nitrogens is 2. The highest BCUT2D eigenvalue weighted by Gasteiger charge is 2.24. The summed E-state index contributed by atoms with van der Waals surface area (Å²) in [6.07, 6.45) is 3.59. The average molecular weight is 461 g/mol. The van der Waals surface area contributed by atoms with Gasteiger partial charge in [0, 0.05) is 0 Å². The molecule has 0 fully saturated rings. The summed E-state index contributed by atoms with van der Waals surface area (Å²) < 4.78 is 34.2. The maximum atomic E-state index is 13.7. The smallest absolute Gasteiger partial charge is 0.269 e. The van der Waals surface area contributed by atoms with Gasteiger partial charge in [0.2, 0.25) is 0 Å². The normalized spacial score (nSPS) is 12.5.